The van der Waals surface area contributed by atoms with Crippen LogP contribution >= 0.6 is 11.6 Å². The molecule has 0 radical (unpaired) electrons. The van der Waals surface area contributed by atoms with Gasteiger partial charge in [0.25, 0.3) is 0 Å². The molecule has 0 saturated carbocycles. The summed E-state index contributed by atoms with van der Waals surface area (Å²) < 4.78 is 18.1. The first-order valence-corrected chi connectivity index (χ1v) is 20.3. The number of carboxylic acid groups (broad SMARTS) is 1. The number of ether oxygens (including phenoxy) is 3. The molecule has 3 aliphatic heterocycles. The zero-order chi connectivity index (χ0) is 38.9. The van der Waals surface area contributed by atoms with Crippen LogP contribution in [0.5, 0.6) is 5.75 Å². The molecule has 1 N–H and O–H groups in total. The highest BCUT2D eigenvalue weighted by atomic mass is 35.5. The van der Waals surface area contributed by atoms with Crippen molar-refractivity contribution in [2.45, 2.75) is 98.1 Å². The summed E-state index contributed by atoms with van der Waals surface area (Å²) >= 11 is 6.65. The molecule has 0 unspecified atom stereocenters. The topological polar surface area (TPSA) is 84.4 Å². The number of halogens is 1. The number of pyridine rings is 1. The van der Waals surface area contributed by atoms with Gasteiger partial charge in [-0.3, -0.25) is 9.88 Å². The van der Waals surface area contributed by atoms with Gasteiger partial charge in [-0.25, -0.2) is 4.79 Å². The average molecular weight is 766 g/mol. The number of carboxylic acids is 1. The van der Waals surface area contributed by atoms with Crippen molar-refractivity contribution in [3.8, 4) is 28.0 Å². The monoisotopic (exact) mass is 765 g/mol. The van der Waals surface area contributed by atoms with Crippen LogP contribution in [-0.4, -0.2) is 71.4 Å². The summed E-state index contributed by atoms with van der Waals surface area (Å²) in [5.74, 6) is 0.420. The highest BCUT2D eigenvalue weighted by molar-refractivity contribution is 6.31. The summed E-state index contributed by atoms with van der Waals surface area (Å²) in [6, 6.07) is 19.3. The van der Waals surface area contributed by atoms with Gasteiger partial charge in [-0.05, 0) is 142 Å². The van der Waals surface area contributed by atoms with E-state index in [-0.39, 0.29) is 0 Å². The SMILES string of the molecule is Cc1cccc(Cl)c1CN1CCc2cc(-c3c(CN(C)CC4CCOCC4)nc(C)c([C@H](OC(C)(C)C)C(=O)O)c3-c3ccc4c(c3)CCCO4)ccc2C1. The fourth-order valence-electron chi connectivity index (χ4n) is 8.61. The Morgan fingerprint density at radius 3 is 2.49 bits per heavy atom. The van der Waals surface area contributed by atoms with Crippen LogP contribution in [-0.2, 0) is 46.7 Å². The lowest BCUT2D eigenvalue weighted by atomic mass is 9.84. The molecule has 1 aromatic heterocycles. The molecular formula is C46H56ClN3O5. The first kappa shape index (κ1) is 39.4. The van der Waals surface area contributed by atoms with E-state index in [2.05, 4.69) is 60.2 Å². The van der Waals surface area contributed by atoms with Crippen molar-refractivity contribution in [3.05, 3.63) is 104 Å². The molecule has 0 spiro atoms. The largest absolute Gasteiger partial charge is 0.493 e. The summed E-state index contributed by atoms with van der Waals surface area (Å²) in [5.41, 5.74) is 11.5. The fourth-order valence-corrected chi connectivity index (χ4v) is 8.89. The van der Waals surface area contributed by atoms with Crippen LogP contribution in [0, 0.1) is 19.8 Å². The average Bonchev–Trinajstić information content (AvgIpc) is 3.15. The summed E-state index contributed by atoms with van der Waals surface area (Å²) in [4.78, 5) is 23.4. The summed E-state index contributed by atoms with van der Waals surface area (Å²) in [7, 11) is 2.17. The second-order valence-corrected chi connectivity index (χ2v) is 17.2. The van der Waals surface area contributed by atoms with Crippen LogP contribution in [0.25, 0.3) is 22.3 Å². The van der Waals surface area contributed by atoms with Gasteiger partial charge in [-0.2, -0.15) is 0 Å². The molecule has 9 heteroatoms. The van der Waals surface area contributed by atoms with Gasteiger partial charge >= 0.3 is 5.97 Å². The van der Waals surface area contributed by atoms with Crippen molar-refractivity contribution in [3.63, 3.8) is 0 Å². The van der Waals surface area contributed by atoms with Gasteiger partial charge in [-0.15, -0.1) is 0 Å². The van der Waals surface area contributed by atoms with Gasteiger partial charge < -0.3 is 24.2 Å². The Labute approximate surface area is 331 Å². The van der Waals surface area contributed by atoms with Crippen molar-refractivity contribution in [2.24, 2.45) is 5.92 Å². The Balaban J connectivity index is 1.37. The van der Waals surface area contributed by atoms with Crippen molar-refractivity contribution < 1.29 is 24.1 Å². The zero-order valence-electron chi connectivity index (χ0n) is 33.3. The van der Waals surface area contributed by atoms with E-state index in [1.807, 2.05) is 45.9 Å². The third kappa shape index (κ3) is 9.11. The molecule has 0 amide bonds. The smallest absolute Gasteiger partial charge is 0.337 e. The molecule has 8 nitrogen and oxygen atoms in total. The first-order chi connectivity index (χ1) is 26.3. The molecule has 3 aliphatic rings. The van der Waals surface area contributed by atoms with Gasteiger partial charge in [0.15, 0.2) is 6.10 Å². The third-order valence-corrected chi connectivity index (χ3v) is 11.7. The predicted octanol–water partition coefficient (Wildman–Crippen LogP) is 9.37. The van der Waals surface area contributed by atoms with Gasteiger partial charge in [0.2, 0.25) is 0 Å². The highest BCUT2D eigenvalue weighted by Crippen LogP contribution is 2.45. The minimum Gasteiger partial charge on any atom is -0.493 e. The lowest BCUT2D eigenvalue weighted by molar-refractivity contribution is -0.160. The van der Waals surface area contributed by atoms with Crippen LogP contribution in [0.4, 0.5) is 0 Å². The van der Waals surface area contributed by atoms with Gasteiger partial charge in [0, 0.05) is 67.8 Å². The molecule has 7 rings (SSSR count). The van der Waals surface area contributed by atoms with E-state index >= 15 is 0 Å². The Hall–Kier alpha value is -3.79. The standard InChI is InChI=1S/C46H56ClN3O5/c1-29-9-7-11-38(47)37(29)27-50-19-16-32-23-34(12-13-36(32)26-50)42-39(28-49(6)25-31-17-21-53-22-18-31)48-30(2)41(44(45(51)52)55-46(3,4)5)43(42)35-14-15-40-33(24-35)10-8-20-54-40/h7,9,11-15,23-24,31,44H,8,10,16-22,25-28H2,1-6H3,(H,51,52)/t44-/m0/s1. The van der Waals surface area contributed by atoms with E-state index in [1.165, 1.54) is 22.3 Å². The normalized spacial score (nSPS) is 17.1. The molecule has 1 saturated heterocycles. The van der Waals surface area contributed by atoms with Crippen LogP contribution in [0.3, 0.4) is 0 Å². The summed E-state index contributed by atoms with van der Waals surface area (Å²) in [6.07, 6.45) is 3.62. The van der Waals surface area contributed by atoms with Crippen LogP contribution in [0.1, 0.15) is 90.9 Å². The quantitative estimate of drug-likeness (QED) is 0.162. The number of aromatic nitrogens is 1. The number of aryl methyl sites for hydroxylation is 3. The van der Waals surface area contributed by atoms with E-state index < -0.39 is 17.7 Å². The van der Waals surface area contributed by atoms with E-state index in [0.717, 1.165) is 116 Å². The maximum Gasteiger partial charge on any atom is 0.337 e. The minimum atomic E-state index is -1.22. The second-order valence-electron chi connectivity index (χ2n) is 16.8. The van der Waals surface area contributed by atoms with Crippen LogP contribution < -0.4 is 4.74 Å². The van der Waals surface area contributed by atoms with Crippen molar-refractivity contribution in [1.82, 2.24) is 14.8 Å². The lowest BCUT2D eigenvalue weighted by Gasteiger charge is -2.32. The summed E-state index contributed by atoms with van der Waals surface area (Å²) in [6.45, 7) is 16.2. The second kappa shape index (κ2) is 16.7. The maximum atomic E-state index is 13.3. The van der Waals surface area contributed by atoms with Crippen LogP contribution in [0.15, 0.2) is 54.6 Å². The molecule has 1 fully saturated rings. The zero-order valence-corrected chi connectivity index (χ0v) is 34.1. The maximum absolute atomic E-state index is 13.3. The number of carbonyl (C=O) groups is 1. The lowest BCUT2D eigenvalue weighted by Crippen LogP contribution is -2.31. The summed E-state index contributed by atoms with van der Waals surface area (Å²) in [5, 5.41) is 11.7. The molecule has 1 atom stereocenters. The molecule has 55 heavy (non-hydrogen) atoms. The molecule has 4 heterocycles. The number of aliphatic carboxylic acids is 1. The van der Waals surface area contributed by atoms with Gasteiger partial charge in [0.1, 0.15) is 5.75 Å². The Morgan fingerprint density at radius 1 is 1.00 bits per heavy atom. The number of hydrogen-bond acceptors (Lipinski definition) is 7. The highest BCUT2D eigenvalue weighted by Gasteiger charge is 2.35. The third-order valence-electron chi connectivity index (χ3n) is 11.3. The molecule has 3 aromatic carbocycles. The van der Waals surface area contributed by atoms with Crippen molar-refractivity contribution >= 4 is 17.6 Å². The van der Waals surface area contributed by atoms with E-state index in [0.29, 0.717) is 30.3 Å². The predicted molar refractivity (Wildman–Crippen MR) is 219 cm³/mol. The Bertz CT molecular complexity index is 2010. The Morgan fingerprint density at radius 2 is 1.75 bits per heavy atom. The van der Waals surface area contributed by atoms with E-state index in [4.69, 9.17) is 30.8 Å². The molecular weight excluding hydrogens is 710 g/mol. The van der Waals surface area contributed by atoms with Crippen LogP contribution in [0.2, 0.25) is 5.02 Å². The van der Waals surface area contributed by atoms with Crippen molar-refractivity contribution in [1.29, 1.82) is 0 Å². The first-order valence-electron chi connectivity index (χ1n) is 19.9. The van der Waals surface area contributed by atoms with Gasteiger partial charge in [0.05, 0.1) is 17.9 Å². The van der Waals surface area contributed by atoms with Gasteiger partial charge in [-0.1, -0.05) is 48.0 Å². The minimum absolute atomic E-state index is 0.556. The molecule has 4 aromatic rings. The number of rotatable bonds is 11. The number of hydrogen-bond donors (Lipinski definition) is 1. The number of fused-ring (bicyclic) bond motifs is 2. The fraction of sp³-hybridized carbons (Fsp3) is 0.478. The Kier molecular flexibility index (Phi) is 12.0. The number of benzene rings is 3. The molecule has 0 aliphatic carbocycles. The van der Waals surface area contributed by atoms with Crippen molar-refractivity contribution in [2.75, 3.05) is 40.0 Å². The van der Waals surface area contributed by atoms with E-state index in [9.17, 15) is 9.90 Å². The number of nitrogens with zero attached hydrogens (tertiary/aromatic N) is 3. The van der Waals surface area contributed by atoms with E-state index in [1.54, 1.807) is 0 Å². The molecule has 292 valence electrons. The molecule has 0 bridgehead atoms.